The number of anilines is 1. The molecule has 10 heteroatoms. The van der Waals surface area contributed by atoms with Crippen LogP contribution in [0.2, 0.25) is 0 Å². The van der Waals surface area contributed by atoms with Gasteiger partial charge in [-0.05, 0) is 69.2 Å². The number of benzene rings is 2. The molecule has 0 saturated carbocycles. The molecule has 0 bridgehead atoms. The Morgan fingerprint density at radius 2 is 2.15 bits per heavy atom. The Morgan fingerprint density at radius 3 is 2.88 bits per heavy atom. The zero-order chi connectivity index (χ0) is 24.1. The average molecular weight is 483 g/mol. The van der Waals surface area contributed by atoms with E-state index in [4.69, 9.17) is 4.74 Å². The van der Waals surface area contributed by atoms with E-state index in [-0.39, 0.29) is 22.6 Å². The molecular weight excluding hydrogens is 455 g/mol. The summed E-state index contributed by atoms with van der Waals surface area (Å²) in [5.74, 6) is -0.169. The summed E-state index contributed by atoms with van der Waals surface area (Å²) < 4.78 is 27.1. The predicted octanol–water partition coefficient (Wildman–Crippen LogP) is 4.13. The van der Waals surface area contributed by atoms with E-state index in [9.17, 15) is 14.4 Å². The van der Waals surface area contributed by atoms with Crippen LogP contribution in [0.4, 0.5) is 10.1 Å². The van der Waals surface area contributed by atoms with E-state index in [1.165, 1.54) is 24.3 Å². The zero-order valence-electron chi connectivity index (χ0n) is 19.2. The molecule has 8 nitrogen and oxygen atoms in total. The third-order valence-electron chi connectivity index (χ3n) is 5.91. The first-order valence-corrected chi connectivity index (χ1v) is 12.0. The van der Waals surface area contributed by atoms with Crippen LogP contribution in [0.15, 0.2) is 41.5 Å². The van der Waals surface area contributed by atoms with Crippen molar-refractivity contribution in [2.24, 2.45) is 5.92 Å². The summed E-state index contributed by atoms with van der Waals surface area (Å²) in [6.45, 7) is 5.29. The highest BCUT2D eigenvalue weighted by molar-refractivity contribution is 7.98. The third kappa shape index (κ3) is 5.33. The number of nitrogens with one attached hydrogen (secondary N) is 2. The molecule has 0 atom stereocenters. The topological polar surface area (TPSA) is 95.2 Å². The van der Waals surface area contributed by atoms with Crippen LogP contribution in [0.1, 0.15) is 25.3 Å². The van der Waals surface area contributed by atoms with Crippen LogP contribution in [0.25, 0.3) is 10.9 Å². The SMILES string of the molecule is CCN(C)SNc1ccc(F)c(Oc2ccc3ncn(CC4CCNCC4)c(=O)c3c2)c1C#N. The average Bonchev–Trinajstić information content (AvgIpc) is 2.86. The molecule has 1 aliphatic heterocycles. The molecule has 1 aromatic heterocycles. The zero-order valence-corrected chi connectivity index (χ0v) is 20.0. The Kier molecular flexibility index (Phi) is 7.67. The summed E-state index contributed by atoms with van der Waals surface area (Å²) >= 11 is 1.30. The molecule has 0 unspecified atom stereocenters. The number of rotatable bonds is 8. The van der Waals surface area contributed by atoms with Crippen LogP contribution in [0, 0.1) is 23.1 Å². The molecular formula is C24H27FN6O2S. The molecule has 1 fully saturated rings. The minimum atomic E-state index is -0.662. The van der Waals surface area contributed by atoms with Crippen LogP contribution in [-0.2, 0) is 6.54 Å². The van der Waals surface area contributed by atoms with E-state index >= 15 is 0 Å². The lowest BCUT2D eigenvalue weighted by molar-refractivity contribution is 0.329. The van der Waals surface area contributed by atoms with Gasteiger partial charge in [-0.25, -0.2) is 13.7 Å². The van der Waals surface area contributed by atoms with Crippen LogP contribution >= 0.6 is 12.1 Å². The molecule has 0 aliphatic carbocycles. The second kappa shape index (κ2) is 10.9. The summed E-state index contributed by atoms with van der Waals surface area (Å²) in [6.07, 6.45) is 3.61. The fourth-order valence-corrected chi connectivity index (χ4v) is 4.39. The van der Waals surface area contributed by atoms with Crippen LogP contribution < -0.4 is 20.3 Å². The first-order chi connectivity index (χ1) is 16.5. The number of nitrogens with zero attached hydrogens (tertiary/aromatic N) is 4. The predicted molar refractivity (Wildman–Crippen MR) is 132 cm³/mol. The summed E-state index contributed by atoms with van der Waals surface area (Å²) in [4.78, 5) is 17.6. The van der Waals surface area contributed by atoms with Crippen molar-refractivity contribution < 1.29 is 9.13 Å². The highest BCUT2D eigenvalue weighted by Crippen LogP contribution is 2.34. The number of piperidine rings is 1. The van der Waals surface area contributed by atoms with Crippen molar-refractivity contribution in [3.8, 4) is 17.6 Å². The standard InChI is InChI=1S/C24H27FN6O2S/c1-3-30(2)34-29-22-7-5-20(25)23(19(22)13-26)33-17-4-6-21-18(12-17)24(32)31(15-28-21)14-16-8-10-27-11-9-16/h4-7,12,15-16,27,29H,3,8-11,14H2,1-2H3. The molecule has 2 heterocycles. The van der Waals surface area contributed by atoms with Gasteiger partial charge in [0.05, 0.1) is 22.9 Å². The van der Waals surface area contributed by atoms with Crippen LogP contribution in [-0.4, -0.2) is 40.5 Å². The maximum absolute atomic E-state index is 14.7. The van der Waals surface area contributed by atoms with Crippen molar-refractivity contribution in [2.75, 3.05) is 31.4 Å². The van der Waals surface area contributed by atoms with Crippen molar-refractivity contribution in [1.82, 2.24) is 19.2 Å². The molecule has 1 saturated heterocycles. The molecule has 0 radical (unpaired) electrons. The summed E-state index contributed by atoms with van der Waals surface area (Å²) in [5, 5.41) is 13.4. The van der Waals surface area contributed by atoms with Gasteiger partial charge in [0.2, 0.25) is 0 Å². The van der Waals surface area contributed by atoms with Crippen molar-refractivity contribution in [1.29, 1.82) is 5.26 Å². The summed E-state index contributed by atoms with van der Waals surface area (Å²) in [7, 11) is 1.89. The first-order valence-electron chi connectivity index (χ1n) is 11.2. The molecule has 0 amide bonds. The third-order valence-corrected chi connectivity index (χ3v) is 6.79. The van der Waals surface area contributed by atoms with E-state index in [0.29, 0.717) is 29.1 Å². The van der Waals surface area contributed by atoms with Gasteiger partial charge in [-0.1, -0.05) is 6.92 Å². The highest BCUT2D eigenvalue weighted by Gasteiger charge is 2.18. The van der Waals surface area contributed by atoms with Crippen molar-refractivity contribution >= 4 is 28.7 Å². The number of hydrogen-bond acceptors (Lipinski definition) is 8. The summed E-state index contributed by atoms with van der Waals surface area (Å²) in [6, 6.07) is 9.62. The van der Waals surface area contributed by atoms with Gasteiger partial charge in [-0.15, -0.1) is 0 Å². The Morgan fingerprint density at radius 1 is 1.35 bits per heavy atom. The Labute approximate surface area is 202 Å². The molecule has 2 N–H and O–H groups in total. The molecule has 1 aliphatic rings. The molecule has 3 aromatic rings. The van der Waals surface area contributed by atoms with E-state index in [1.807, 2.05) is 24.3 Å². The van der Waals surface area contributed by atoms with E-state index in [1.54, 1.807) is 29.1 Å². The number of aromatic nitrogens is 2. The summed E-state index contributed by atoms with van der Waals surface area (Å²) in [5.41, 5.74) is 0.862. The number of fused-ring (bicyclic) bond motifs is 1. The lowest BCUT2D eigenvalue weighted by atomic mass is 9.98. The van der Waals surface area contributed by atoms with Crippen molar-refractivity contribution in [3.63, 3.8) is 0 Å². The van der Waals surface area contributed by atoms with Crippen LogP contribution in [0.3, 0.4) is 0 Å². The molecule has 0 spiro atoms. The second-order valence-electron chi connectivity index (χ2n) is 8.22. The van der Waals surface area contributed by atoms with Gasteiger partial charge in [0, 0.05) is 25.2 Å². The van der Waals surface area contributed by atoms with Gasteiger partial charge < -0.3 is 14.8 Å². The minimum absolute atomic E-state index is 0.0478. The van der Waals surface area contributed by atoms with Gasteiger partial charge in [-0.2, -0.15) is 5.26 Å². The largest absolute Gasteiger partial charge is 0.453 e. The maximum atomic E-state index is 14.7. The van der Waals surface area contributed by atoms with Crippen LogP contribution in [0.5, 0.6) is 11.5 Å². The van der Waals surface area contributed by atoms with E-state index in [0.717, 1.165) is 32.5 Å². The maximum Gasteiger partial charge on any atom is 0.261 e. The number of ether oxygens (including phenoxy) is 1. The number of halogens is 1. The van der Waals surface area contributed by atoms with Crippen molar-refractivity contribution in [2.45, 2.75) is 26.3 Å². The number of nitriles is 1. The van der Waals surface area contributed by atoms with Gasteiger partial charge in [0.25, 0.3) is 5.56 Å². The van der Waals surface area contributed by atoms with Gasteiger partial charge in [0.15, 0.2) is 11.6 Å². The highest BCUT2D eigenvalue weighted by atomic mass is 32.2. The minimum Gasteiger partial charge on any atom is -0.453 e. The number of hydrogen-bond donors (Lipinski definition) is 2. The smallest absolute Gasteiger partial charge is 0.261 e. The first kappa shape index (κ1) is 24.0. The van der Waals surface area contributed by atoms with E-state index in [2.05, 4.69) is 15.0 Å². The van der Waals surface area contributed by atoms with Crippen molar-refractivity contribution in [3.05, 3.63) is 58.4 Å². The molecule has 34 heavy (non-hydrogen) atoms. The Bertz CT molecular complexity index is 1270. The fraction of sp³-hybridized carbons (Fsp3) is 0.375. The Hall–Kier alpha value is -3.13. The monoisotopic (exact) mass is 482 g/mol. The second-order valence-corrected chi connectivity index (χ2v) is 9.23. The quantitative estimate of drug-likeness (QED) is 0.463. The normalized spacial score (nSPS) is 14.3. The lowest BCUT2D eigenvalue weighted by Gasteiger charge is -2.23. The van der Waals surface area contributed by atoms with Gasteiger partial charge in [0.1, 0.15) is 17.4 Å². The molecule has 4 rings (SSSR count). The van der Waals surface area contributed by atoms with E-state index < -0.39 is 5.82 Å². The fourth-order valence-electron chi connectivity index (χ4n) is 3.84. The molecule has 178 valence electrons. The lowest BCUT2D eigenvalue weighted by Crippen LogP contribution is -2.32. The van der Waals surface area contributed by atoms with Gasteiger partial charge >= 0.3 is 0 Å². The molecule has 2 aromatic carbocycles. The Balaban J connectivity index is 1.63. The van der Waals surface area contributed by atoms with Gasteiger partial charge in [-0.3, -0.25) is 9.36 Å².